The van der Waals surface area contributed by atoms with Crippen molar-refractivity contribution in [2.75, 3.05) is 7.11 Å². The number of fused-ring (bicyclic) bond motifs is 1. The molecule has 3 N–H and O–H groups in total. The fourth-order valence-electron chi connectivity index (χ4n) is 3.01. The first-order valence-corrected chi connectivity index (χ1v) is 10.6. The average molecular weight is 531 g/mol. The molecule has 0 fully saturated rings. The second kappa shape index (κ2) is 8.49. The minimum absolute atomic E-state index is 0.0621. The molecule has 0 saturated heterocycles. The lowest BCUT2D eigenvalue weighted by molar-refractivity contribution is 0.414. The van der Waals surface area contributed by atoms with Crippen LogP contribution < -0.4 is 4.74 Å². The SMILES string of the molecule is COc1ccc(Cc2nc3ccc(N=Cc4cc(Br)c(O)c(Br)c4O)cc3[nH]2)cc1. The van der Waals surface area contributed by atoms with Crippen LogP contribution in [0.4, 0.5) is 5.69 Å². The summed E-state index contributed by atoms with van der Waals surface area (Å²) in [4.78, 5) is 12.4. The van der Waals surface area contributed by atoms with E-state index in [1.165, 1.54) is 0 Å². The third-order valence-electron chi connectivity index (χ3n) is 4.60. The van der Waals surface area contributed by atoms with E-state index < -0.39 is 0 Å². The van der Waals surface area contributed by atoms with Crippen LogP contribution in [0, 0.1) is 0 Å². The second-order valence-corrected chi connectivity index (χ2v) is 8.27. The number of H-pyrrole nitrogens is 1. The van der Waals surface area contributed by atoms with Crippen LogP contribution in [0.25, 0.3) is 11.0 Å². The molecular formula is C22H17Br2N3O3. The highest BCUT2D eigenvalue weighted by atomic mass is 79.9. The summed E-state index contributed by atoms with van der Waals surface area (Å²) in [6, 6.07) is 15.2. The minimum atomic E-state index is -0.0798. The number of rotatable bonds is 5. The summed E-state index contributed by atoms with van der Waals surface area (Å²) in [5.41, 5.74) is 4.05. The zero-order valence-electron chi connectivity index (χ0n) is 15.9. The predicted molar refractivity (Wildman–Crippen MR) is 124 cm³/mol. The highest BCUT2D eigenvalue weighted by molar-refractivity contribution is 9.11. The van der Waals surface area contributed by atoms with E-state index in [1.54, 1.807) is 19.4 Å². The standard InChI is InChI=1S/C22H17Br2N3O3/c1-30-15-5-2-12(3-6-15)8-19-26-17-7-4-14(10-18(17)27-19)25-11-13-9-16(23)22(29)20(24)21(13)28/h2-7,9-11,28-29H,8H2,1H3,(H,26,27). The van der Waals surface area contributed by atoms with Gasteiger partial charge in [0.1, 0.15) is 27.5 Å². The number of benzene rings is 3. The van der Waals surface area contributed by atoms with Gasteiger partial charge in [0.15, 0.2) is 0 Å². The van der Waals surface area contributed by atoms with E-state index in [0.29, 0.717) is 22.1 Å². The van der Waals surface area contributed by atoms with Crippen LogP contribution in [0.1, 0.15) is 17.0 Å². The van der Waals surface area contributed by atoms with Crippen molar-refractivity contribution in [1.29, 1.82) is 0 Å². The van der Waals surface area contributed by atoms with Crippen molar-refractivity contribution in [3.05, 3.63) is 74.4 Å². The fraction of sp³-hybridized carbons (Fsp3) is 0.0909. The van der Waals surface area contributed by atoms with E-state index in [2.05, 4.69) is 46.8 Å². The molecule has 6 nitrogen and oxygen atoms in total. The Labute approximate surface area is 189 Å². The lowest BCUT2D eigenvalue weighted by atomic mass is 10.1. The number of aliphatic imine (C=N–C) groups is 1. The molecule has 0 radical (unpaired) electrons. The number of hydrogen-bond acceptors (Lipinski definition) is 5. The summed E-state index contributed by atoms with van der Waals surface area (Å²) < 4.78 is 5.86. The van der Waals surface area contributed by atoms with Gasteiger partial charge in [-0.05, 0) is 73.8 Å². The monoisotopic (exact) mass is 529 g/mol. The first-order valence-electron chi connectivity index (χ1n) is 9.00. The number of aromatic nitrogens is 2. The fourth-order valence-corrected chi connectivity index (χ4v) is 4.16. The first kappa shape index (κ1) is 20.4. The van der Waals surface area contributed by atoms with Gasteiger partial charge < -0.3 is 19.9 Å². The molecule has 0 aliphatic heterocycles. The van der Waals surface area contributed by atoms with Gasteiger partial charge in [0.25, 0.3) is 0 Å². The minimum Gasteiger partial charge on any atom is -0.506 e. The maximum absolute atomic E-state index is 10.2. The number of methoxy groups -OCH3 is 1. The van der Waals surface area contributed by atoms with Gasteiger partial charge in [0.2, 0.25) is 0 Å². The molecule has 3 aromatic carbocycles. The number of aromatic hydroxyl groups is 2. The van der Waals surface area contributed by atoms with Crippen molar-refractivity contribution in [3.63, 3.8) is 0 Å². The molecule has 4 rings (SSSR count). The zero-order chi connectivity index (χ0) is 21.3. The Kier molecular flexibility index (Phi) is 5.78. The van der Waals surface area contributed by atoms with Crippen molar-refractivity contribution in [1.82, 2.24) is 9.97 Å². The number of nitrogens with zero attached hydrogens (tertiary/aromatic N) is 2. The molecule has 0 spiro atoms. The molecule has 0 unspecified atom stereocenters. The van der Waals surface area contributed by atoms with E-state index in [9.17, 15) is 10.2 Å². The number of phenolic OH excluding ortho intramolecular Hbond substituents is 2. The summed E-state index contributed by atoms with van der Waals surface area (Å²) >= 11 is 6.42. The van der Waals surface area contributed by atoms with Gasteiger partial charge >= 0.3 is 0 Å². The van der Waals surface area contributed by atoms with E-state index in [4.69, 9.17) is 4.74 Å². The molecule has 0 amide bonds. The maximum atomic E-state index is 10.2. The molecule has 1 heterocycles. The van der Waals surface area contributed by atoms with E-state index in [1.807, 2.05) is 42.5 Å². The zero-order valence-corrected chi connectivity index (χ0v) is 19.0. The summed E-state index contributed by atoms with van der Waals surface area (Å²) in [7, 11) is 1.65. The molecule has 8 heteroatoms. The number of aromatic amines is 1. The molecule has 0 aliphatic carbocycles. The number of hydrogen-bond donors (Lipinski definition) is 3. The molecule has 30 heavy (non-hydrogen) atoms. The van der Waals surface area contributed by atoms with Crippen molar-refractivity contribution in [2.45, 2.75) is 6.42 Å². The van der Waals surface area contributed by atoms with Crippen LogP contribution in [0.2, 0.25) is 0 Å². The first-order chi connectivity index (χ1) is 14.4. The Morgan fingerprint density at radius 3 is 2.57 bits per heavy atom. The largest absolute Gasteiger partial charge is 0.506 e. The molecule has 0 bridgehead atoms. The lowest BCUT2D eigenvalue weighted by Gasteiger charge is -2.06. The molecule has 0 saturated carbocycles. The molecule has 0 atom stereocenters. The topological polar surface area (TPSA) is 90.7 Å². The summed E-state index contributed by atoms with van der Waals surface area (Å²) in [6.45, 7) is 0. The number of halogens is 2. The van der Waals surface area contributed by atoms with E-state index in [-0.39, 0.29) is 16.0 Å². The third-order valence-corrected chi connectivity index (χ3v) is 5.95. The Bertz CT molecular complexity index is 1250. The summed E-state index contributed by atoms with van der Waals surface area (Å²) in [5.74, 6) is 1.54. The number of phenols is 2. The number of ether oxygens (including phenoxy) is 1. The average Bonchev–Trinajstić information content (AvgIpc) is 3.16. The van der Waals surface area contributed by atoms with Crippen molar-refractivity contribution < 1.29 is 14.9 Å². The number of imidazole rings is 1. The smallest absolute Gasteiger partial charge is 0.147 e. The Morgan fingerprint density at radius 2 is 1.83 bits per heavy atom. The normalized spacial score (nSPS) is 11.4. The predicted octanol–water partition coefficient (Wildman–Crippen LogP) is 5.85. The lowest BCUT2D eigenvalue weighted by Crippen LogP contribution is -1.91. The number of nitrogens with one attached hydrogen (secondary N) is 1. The van der Waals surface area contributed by atoms with Crippen molar-refractivity contribution in [3.8, 4) is 17.2 Å². The highest BCUT2D eigenvalue weighted by Crippen LogP contribution is 2.40. The van der Waals surface area contributed by atoms with Crippen LogP contribution in [0.15, 0.2) is 62.5 Å². The molecule has 4 aromatic rings. The van der Waals surface area contributed by atoms with Gasteiger partial charge in [-0.3, -0.25) is 4.99 Å². The van der Waals surface area contributed by atoms with Gasteiger partial charge in [0, 0.05) is 18.2 Å². The van der Waals surface area contributed by atoms with Gasteiger partial charge in [-0.15, -0.1) is 0 Å². The van der Waals surface area contributed by atoms with Crippen LogP contribution in [0.5, 0.6) is 17.2 Å². The quantitative estimate of drug-likeness (QED) is 0.282. The van der Waals surface area contributed by atoms with Crippen LogP contribution in [-0.4, -0.2) is 33.5 Å². The Balaban J connectivity index is 1.57. The van der Waals surface area contributed by atoms with E-state index >= 15 is 0 Å². The summed E-state index contributed by atoms with van der Waals surface area (Å²) in [5, 5.41) is 20.0. The van der Waals surface area contributed by atoms with Crippen LogP contribution in [0.3, 0.4) is 0 Å². The van der Waals surface area contributed by atoms with Crippen LogP contribution in [-0.2, 0) is 6.42 Å². The molecule has 0 aliphatic rings. The van der Waals surface area contributed by atoms with Crippen LogP contribution >= 0.6 is 31.9 Å². The second-order valence-electron chi connectivity index (χ2n) is 6.63. The Morgan fingerprint density at radius 1 is 1.07 bits per heavy atom. The molecule has 152 valence electrons. The highest BCUT2D eigenvalue weighted by Gasteiger charge is 2.13. The van der Waals surface area contributed by atoms with Gasteiger partial charge in [-0.2, -0.15) is 0 Å². The van der Waals surface area contributed by atoms with Crippen molar-refractivity contribution in [2.24, 2.45) is 4.99 Å². The molecule has 1 aromatic heterocycles. The molecular weight excluding hydrogens is 514 g/mol. The summed E-state index contributed by atoms with van der Waals surface area (Å²) in [6.07, 6.45) is 2.22. The van der Waals surface area contributed by atoms with Crippen molar-refractivity contribution >= 4 is 54.8 Å². The maximum Gasteiger partial charge on any atom is 0.147 e. The van der Waals surface area contributed by atoms with Gasteiger partial charge in [0.05, 0.1) is 28.3 Å². The van der Waals surface area contributed by atoms with Gasteiger partial charge in [-0.25, -0.2) is 4.98 Å². The van der Waals surface area contributed by atoms with Gasteiger partial charge in [-0.1, -0.05) is 12.1 Å². The van der Waals surface area contributed by atoms with E-state index in [0.717, 1.165) is 28.2 Å². The third kappa shape index (κ3) is 4.20. The Hall–Kier alpha value is -2.84.